The zero-order valence-corrected chi connectivity index (χ0v) is 16.1. The van der Waals surface area contributed by atoms with E-state index in [1.165, 1.54) is 6.42 Å². The second-order valence-electron chi connectivity index (χ2n) is 8.37. The van der Waals surface area contributed by atoms with Gasteiger partial charge >= 0.3 is 5.97 Å². The van der Waals surface area contributed by atoms with Crippen LogP contribution in [0.25, 0.3) is 0 Å². The van der Waals surface area contributed by atoms with Crippen LogP contribution in [0.4, 0.5) is 0 Å². The second kappa shape index (κ2) is 6.72. The lowest BCUT2D eigenvalue weighted by Crippen LogP contribution is -2.56. The number of alkyl halides is 1. The van der Waals surface area contributed by atoms with E-state index in [9.17, 15) is 9.59 Å². The molecular formula is C20H23Cl2NO3. The molecule has 0 spiro atoms. The first-order valence-corrected chi connectivity index (χ1v) is 9.99. The molecule has 1 amide bonds. The second-order valence-corrected chi connectivity index (χ2v) is 9.61. The fourth-order valence-electron chi connectivity index (χ4n) is 5.53. The molecule has 1 aromatic rings. The van der Waals surface area contributed by atoms with Gasteiger partial charge in [0.1, 0.15) is 0 Å². The molecule has 0 heterocycles. The van der Waals surface area contributed by atoms with Gasteiger partial charge in [-0.2, -0.15) is 0 Å². The zero-order valence-electron chi connectivity index (χ0n) is 14.6. The standard InChI is InChI=1S/C20H23Cl2NO3/c21-16-3-1-13(2-4-16)10-23-17(24)11-26-18(25)19-6-14-5-15(7-19)9-20(22,8-14)12-19/h1-4,14-15H,5-12H2,(H,23,24). The summed E-state index contributed by atoms with van der Waals surface area (Å²) in [5, 5.41) is 3.42. The highest BCUT2D eigenvalue weighted by Gasteiger charge is 2.60. The van der Waals surface area contributed by atoms with Gasteiger partial charge in [0.2, 0.25) is 0 Å². The number of carbonyl (C=O) groups excluding carboxylic acids is 2. The van der Waals surface area contributed by atoms with Crippen molar-refractivity contribution in [2.45, 2.75) is 49.9 Å². The number of ether oxygens (including phenoxy) is 1. The van der Waals surface area contributed by atoms with Crippen molar-refractivity contribution in [1.82, 2.24) is 5.32 Å². The average Bonchev–Trinajstić information content (AvgIpc) is 2.57. The van der Waals surface area contributed by atoms with E-state index in [4.69, 9.17) is 27.9 Å². The Kier molecular flexibility index (Phi) is 4.68. The van der Waals surface area contributed by atoms with Crippen molar-refractivity contribution < 1.29 is 14.3 Å². The Morgan fingerprint density at radius 1 is 1.12 bits per heavy atom. The van der Waals surface area contributed by atoms with Crippen molar-refractivity contribution in [2.24, 2.45) is 17.3 Å². The van der Waals surface area contributed by atoms with Gasteiger partial charge in [-0.3, -0.25) is 9.59 Å². The summed E-state index contributed by atoms with van der Waals surface area (Å²) in [5.74, 6) is 0.525. The average molecular weight is 396 g/mol. The van der Waals surface area contributed by atoms with Crippen molar-refractivity contribution in [1.29, 1.82) is 0 Å². The Labute approximate surface area is 163 Å². The van der Waals surface area contributed by atoms with Crippen LogP contribution in [0.3, 0.4) is 0 Å². The first-order chi connectivity index (χ1) is 12.4. The lowest BCUT2D eigenvalue weighted by Gasteiger charge is -2.58. The summed E-state index contributed by atoms with van der Waals surface area (Å²) in [4.78, 5) is 24.6. The topological polar surface area (TPSA) is 55.4 Å². The number of hydrogen-bond acceptors (Lipinski definition) is 3. The van der Waals surface area contributed by atoms with E-state index < -0.39 is 5.41 Å². The van der Waals surface area contributed by atoms with Crippen LogP contribution in [0.5, 0.6) is 0 Å². The summed E-state index contributed by atoms with van der Waals surface area (Å²) < 4.78 is 5.41. The predicted molar refractivity (Wildman–Crippen MR) is 100.0 cm³/mol. The minimum atomic E-state index is -0.470. The number of halogens is 2. The van der Waals surface area contributed by atoms with Crippen molar-refractivity contribution in [2.75, 3.05) is 6.61 Å². The molecule has 4 bridgehead atoms. The lowest BCUT2D eigenvalue weighted by atomic mass is 9.49. The predicted octanol–water partition coefficient (Wildman–Crippen LogP) is 4.08. The Morgan fingerprint density at radius 3 is 2.38 bits per heavy atom. The maximum atomic E-state index is 12.8. The lowest BCUT2D eigenvalue weighted by molar-refractivity contribution is -0.171. The number of benzene rings is 1. The molecule has 4 nitrogen and oxygen atoms in total. The highest BCUT2D eigenvalue weighted by atomic mass is 35.5. The first kappa shape index (κ1) is 18.1. The van der Waals surface area contributed by atoms with Gasteiger partial charge in [-0.1, -0.05) is 23.7 Å². The number of esters is 1. The molecule has 6 heteroatoms. The van der Waals surface area contributed by atoms with Crippen molar-refractivity contribution in [3.8, 4) is 0 Å². The van der Waals surface area contributed by atoms with Crippen LogP contribution in [0.2, 0.25) is 5.02 Å². The molecule has 140 valence electrons. The van der Waals surface area contributed by atoms with Crippen LogP contribution in [-0.4, -0.2) is 23.4 Å². The van der Waals surface area contributed by atoms with Gasteiger partial charge < -0.3 is 10.1 Å². The van der Waals surface area contributed by atoms with E-state index in [1.807, 2.05) is 12.1 Å². The fourth-order valence-corrected chi connectivity index (χ4v) is 6.35. The van der Waals surface area contributed by atoms with Crippen LogP contribution >= 0.6 is 23.2 Å². The number of hydrogen-bond donors (Lipinski definition) is 1. The Balaban J connectivity index is 1.30. The molecule has 1 N–H and O–H groups in total. The third-order valence-corrected chi connectivity index (χ3v) is 6.85. The zero-order chi connectivity index (χ0) is 18.4. The SMILES string of the molecule is O=C(COC(=O)C12CC3CC(CC(Cl)(C3)C1)C2)NCc1ccc(Cl)cc1. The maximum absolute atomic E-state index is 12.8. The summed E-state index contributed by atoms with van der Waals surface area (Å²) in [5.41, 5.74) is 0.474. The van der Waals surface area contributed by atoms with Crippen molar-refractivity contribution >= 4 is 35.1 Å². The number of amides is 1. The van der Waals surface area contributed by atoms with Crippen LogP contribution in [0.15, 0.2) is 24.3 Å². The molecule has 1 aromatic carbocycles. The number of rotatable bonds is 5. The monoisotopic (exact) mass is 395 g/mol. The first-order valence-electron chi connectivity index (χ1n) is 9.23. The molecule has 4 saturated carbocycles. The normalized spacial score (nSPS) is 34.5. The summed E-state index contributed by atoms with van der Waals surface area (Å²) in [6, 6.07) is 7.25. The Hall–Kier alpha value is -1.26. The maximum Gasteiger partial charge on any atom is 0.312 e. The molecule has 0 aromatic heterocycles. The van der Waals surface area contributed by atoms with E-state index in [2.05, 4.69) is 5.32 Å². The summed E-state index contributed by atoms with van der Waals surface area (Å²) in [7, 11) is 0. The van der Waals surface area contributed by atoms with E-state index in [-0.39, 0.29) is 23.4 Å². The van der Waals surface area contributed by atoms with Crippen LogP contribution in [0, 0.1) is 17.3 Å². The minimum absolute atomic E-state index is 0.236. The molecule has 5 rings (SSSR count). The Bertz CT molecular complexity index is 704. The van der Waals surface area contributed by atoms with E-state index in [1.54, 1.807) is 12.1 Å². The van der Waals surface area contributed by atoms with Gasteiger partial charge in [0.05, 0.1) is 5.41 Å². The van der Waals surface area contributed by atoms with E-state index in [0.29, 0.717) is 29.8 Å². The van der Waals surface area contributed by atoms with E-state index >= 15 is 0 Å². The molecule has 2 unspecified atom stereocenters. The van der Waals surface area contributed by atoms with Gasteiger partial charge in [-0.25, -0.2) is 0 Å². The molecule has 4 aliphatic rings. The Morgan fingerprint density at radius 2 is 1.77 bits per heavy atom. The van der Waals surface area contributed by atoms with Gasteiger partial charge in [-0.05, 0) is 68.1 Å². The smallest absolute Gasteiger partial charge is 0.312 e. The summed E-state index contributed by atoms with van der Waals surface area (Å²) in [6.07, 6.45) is 5.64. The van der Waals surface area contributed by atoms with Crippen molar-refractivity contribution in [3.05, 3.63) is 34.9 Å². The van der Waals surface area contributed by atoms with Crippen LogP contribution in [0.1, 0.15) is 44.1 Å². The number of nitrogens with one attached hydrogen (secondary N) is 1. The third-order valence-electron chi connectivity index (χ3n) is 6.16. The molecule has 4 aliphatic carbocycles. The molecule has 26 heavy (non-hydrogen) atoms. The van der Waals surface area contributed by atoms with Crippen LogP contribution < -0.4 is 5.32 Å². The van der Waals surface area contributed by atoms with Gasteiger partial charge in [0, 0.05) is 16.4 Å². The fraction of sp³-hybridized carbons (Fsp3) is 0.600. The van der Waals surface area contributed by atoms with Gasteiger partial charge in [0.15, 0.2) is 6.61 Å². The van der Waals surface area contributed by atoms with E-state index in [0.717, 1.165) is 31.2 Å². The molecular weight excluding hydrogens is 373 g/mol. The molecule has 0 saturated heterocycles. The summed E-state index contributed by atoms with van der Waals surface area (Å²) >= 11 is 12.6. The molecule has 2 atom stereocenters. The van der Waals surface area contributed by atoms with Gasteiger partial charge in [0.25, 0.3) is 5.91 Å². The highest BCUT2D eigenvalue weighted by Crippen LogP contribution is 2.64. The number of carbonyl (C=O) groups is 2. The molecule has 0 radical (unpaired) electrons. The molecule has 4 fully saturated rings. The highest BCUT2D eigenvalue weighted by molar-refractivity contribution is 6.30. The minimum Gasteiger partial charge on any atom is -0.455 e. The molecule has 0 aliphatic heterocycles. The van der Waals surface area contributed by atoms with Crippen LogP contribution in [-0.2, 0) is 20.9 Å². The van der Waals surface area contributed by atoms with Crippen molar-refractivity contribution in [3.63, 3.8) is 0 Å². The largest absolute Gasteiger partial charge is 0.455 e. The van der Waals surface area contributed by atoms with Gasteiger partial charge in [-0.15, -0.1) is 11.6 Å². The summed E-state index contributed by atoms with van der Waals surface area (Å²) in [6.45, 7) is 0.145. The quantitative estimate of drug-likeness (QED) is 0.603. The third kappa shape index (κ3) is 3.59.